The van der Waals surface area contributed by atoms with Gasteiger partial charge in [0.05, 0.1) is 25.5 Å². The van der Waals surface area contributed by atoms with Crippen LogP contribution in [0.4, 0.5) is 11.4 Å². The molecule has 2 amide bonds. The van der Waals surface area contributed by atoms with Crippen molar-refractivity contribution in [2.75, 3.05) is 24.4 Å². The summed E-state index contributed by atoms with van der Waals surface area (Å²) in [5.74, 6) is 0.0292. The molecule has 0 radical (unpaired) electrons. The lowest BCUT2D eigenvalue weighted by atomic mass is 10.0. The first-order valence-electron chi connectivity index (χ1n) is 9.88. The van der Waals surface area contributed by atoms with Crippen LogP contribution in [0.3, 0.4) is 0 Å². The van der Waals surface area contributed by atoms with Crippen LogP contribution in [0, 0.1) is 6.92 Å². The van der Waals surface area contributed by atoms with Gasteiger partial charge in [0.2, 0.25) is 0 Å². The molecule has 3 aromatic carbocycles. The minimum Gasteiger partial charge on any atom is -0.493 e. The number of nitrogens with one attached hydrogen (secondary N) is 1. The summed E-state index contributed by atoms with van der Waals surface area (Å²) in [5.41, 5.74) is 3.05. The fourth-order valence-electron chi connectivity index (χ4n) is 3.62. The van der Waals surface area contributed by atoms with Crippen LogP contribution in [0.15, 0.2) is 72.4 Å². The average molecular weight is 449 g/mol. The number of carbonyl (C=O) groups excluding carboxylic acids is 2. The van der Waals surface area contributed by atoms with E-state index in [1.165, 1.54) is 14.2 Å². The number of imide groups is 1. The molecule has 0 saturated carbocycles. The van der Waals surface area contributed by atoms with Gasteiger partial charge >= 0.3 is 0 Å². The van der Waals surface area contributed by atoms with Crippen molar-refractivity contribution in [1.82, 2.24) is 0 Å². The normalized spacial score (nSPS) is 13.6. The third-order valence-corrected chi connectivity index (χ3v) is 5.45. The molecule has 0 fully saturated rings. The Morgan fingerprint density at radius 1 is 0.844 bits per heavy atom. The van der Waals surface area contributed by atoms with Gasteiger partial charge in [0.25, 0.3) is 11.8 Å². The Morgan fingerprint density at radius 3 is 2.22 bits per heavy atom. The number of nitrogens with zero attached hydrogens (tertiary/aromatic N) is 1. The number of carbonyl (C=O) groups is 2. The molecule has 0 aliphatic carbocycles. The Hall–Kier alpha value is -3.77. The lowest BCUT2D eigenvalue weighted by Gasteiger charge is -2.17. The highest BCUT2D eigenvalue weighted by Gasteiger charge is 2.40. The van der Waals surface area contributed by atoms with Gasteiger partial charge in [-0.3, -0.25) is 9.59 Å². The van der Waals surface area contributed by atoms with Crippen LogP contribution in [0.1, 0.15) is 11.1 Å². The SMILES string of the molecule is COc1ccc(N2C(=O)C(Nc3ccc(Cl)cc3C)=C(c3ccccc3)C2=O)cc1OC. The zero-order chi connectivity index (χ0) is 22.8. The molecule has 6 nitrogen and oxygen atoms in total. The van der Waals surface area contributed by atoms with E-state index in [1.807, 2.05) is 25.1 Å². The first kappa shape index (κ1) is 21.5. The Labute approximate surface area is 191 Å². The molecule has 3 aromatic rings. The fraction of sp³-hybridized carbons (Fsp3) is 0.120. The van der Waals surface area contributed by atoms with Gasteiger partial charge in [-0.05, 0) is 48.4 Å². The van der Waals surface area contributed by atoms with Crippen molar-refractivity contribution < 1.29 is 19.1 Å². The number of anilines is 2. The van der Waals surface area contributed by atoms with E-state index in [0.717, 1.165) is 10.5 Å². The van der Waals surface area contributed by atoms with E-state index >= 15 is 0 Å². The van der Waals surface area contributed by atoms with E-state index < -0.39 is 11.8 Å². The molecule has 0 atom stereocenters. The number of aryl methyl sites for hydroxylation is 1. The second-order valence-electron chi connectivity index (χ2n) is 7.19. The van der Waals surface area contributed by atoms with Crippen molar-refractivity contribution in [3.63, 3.8) is 0 Å². The first-order chi connectivity index (χ1) is 15.4. The summed E-state index contributed by atoms with van der Waals surface area (Å²) < 4.78 is 10.6. The highest BCUT2D eigenvalue weighted by atomic mass is 35.5. The van der Waals surface area contributed by atoms with E-state index in [9.17, 15) is 9.59 Å². The molecule has 1 aliphatic rings. The van der Waals surface area contributed by atoms with Gasteiger partial charge in [-0.2, -0.15) is 0 Å². The zero-order valence-corrected chi connectivity index (χ0v) is 18.6. The number of methoxy groups -OCH3 is 2. The average Bonchev–Trinajstić information content (AvgIpc) is 3.05. The lowest BCUT2D eigenvalue weighted by molar-refractivity contribution is -0.120. The summed E-state index contributed by atoms with van der Waals surface area (Å²) in [4.78, 5) is 28.2. The minimum atomic E-state index is -0.463. The molecule has 0 unspecified atom stereocenters. The third kappa shape index (κ3) is 3.81. The van der Waals surface area contributed by atoms with E-state index in [0.29, 0.717) is 39.0 Å². The molecule has 1 heterocycles. The largest absolute Gasteiger partial charge is 0.493 e. The van der Waals surface area contributed by atoms with Gasteiger partial charge in [0, 0.05) is 16.8 Å². The standard InChI is InChI=1S/C25H21ClN2O4/c1-15-13-17(26)9-11-19(15)27-23-22(16-7-5-4-6-8-16)24(29)28(25(23)30)18-10-12-20(31-2)21(14-18)32-3/h4-14,27H,1-3H3. The maximum Gasteiger partial charge on any atom is 0.282 e. The number of hydrogen-bond acceptors (Lipinski definition) is 5. The molecule has 0 spiro atoms. The van der Waals surface area contributed by atoms with Crippen LogP contribution in [0.5, 0.6) is 11.5 Å². The Bertz CT molecular complexity index is 1240. The summed E-state index contributed by atoms with van der Waals surface area (Å²) in [7, 11) is 3.02. The van der Waals surface area contributed by atoms with Gasteiger partial charge in [0.1, 0.15) is 5.70 Å². The summed E-state index contributed by atoms with van der Waals surface area (Å²) in [5, 5.41) is 3.76. The van der Waals surface area contributed by atoms with Crippen molar-refractivity contribution in [3.8, 4) is 11.5 Å². The summed E-state index contributed by atoms with van der Waals surface area (Å²) >= 11 is 6.08. The molecule has 0 saturated heterocycles. The van der Waals surface area contributed by atoms with Gasteiger partial charge in [-0.1, -0.05) is 41.9 Å². The van der Waals surface area contributed by atoms with Crippen LogP contribution < -0.4 is 19.7 Å². The Morgan fingerprint density at radius 2 is 1.56 bits per heavy atom. The molecule has 7 heteroatoms. The predicted octanol–water partition coefficient (Wildman–Crippen LogP) is 5.06. The second-order valence-corrected chi connectivity index (χ2v) is 7.62. The van der Waals surface area contributed by atoms with Crippen LogP contribution >= 0.6 is 11.6 Å². The molecule has 162 valence electrons. The molecule has 1 N–H and O–H groups in total. The van der Waals surface area contributed by atoms with E-state index in [4.69, 9.17) is 21.1 Å². The third-order valence-electron chi connectivity index (χ3n) is 5.22. The molecular weight excluding hydrogens is 428 g/mol. The molecule has 0 aromatic heterocycles. The molecule has 0 bridgehead atoms. The van der Waals surface area contributed by atoms with Gasteiger partial charge in [0.15, 0.2) is 11.5 Å². The quantitative estimate of drug-likeness (QED) is 0.534. The van der Waals surface area contributed by atoms with Gasteiger partial charge in [-0.25, -0.2) is 4.90 Å². The summed E-state index contributed by atoms with van der Waals surface area (Å²) in [6.45, 7) is 1.88. The molecule has 1 aliphatic heterocycles. The number of ether oxygens (including phenoxy) is 2. The van der Waals surface area contributed by atoms with Crippen molar-refractivity contribution in [2.24, 2.45) is 0 Å². The minimum absolute atomic E-state index is 0.196. The monoisotopic (exact) mass is 448 g/mol. The summed E-state index contributed by atoms with van der Waals surface area (Å²) in [6.07, 6.45) is 0. The Kier molecular flexibility index (Phi) is 5.88. The topological polar surface area (TPSA) is 67.9 Å². The van der Waals surface area contributed by atoms with Crippen LogP contribution in [-0.2, 0) is 9.59 Å². The highest BCUT2D eigenvalue weighted by Crippen LogP contribution is 2.38. The Balaban J connectivity index is 1.82. The fourth-order valence-corrected chi connectivity index (χ4v) is 3.85. The summed E-state index contributed by atoms with van der Waals surface area (Å²) in [6, 6.07) is 19.3. The smallest absolute Gasteiger partial charge is 0.282 e. The van der Waals surface area contributed by atoms with Crippen molar-refractivity contribution in [2.45, 2.75) is 6.92 Å². The van der Waals surface area contributed by atoms with Gasteiger partial charge in [-0.15, -0.1) is 0 Å². The molecular formula is C25H21ClN2O4. The number of halogens is 1. The van der Waals surface area contributed by atoms with Crippen molar-refractivity contribution in [3.05, 3.63) is 88.6 Å². The van der Waals surface area contributed by atoms with E-state index in [-0.39, 0.29) is 5.70 Å². The zero-order valence-electron chi connectivity index (χ0n) is 17.8. The van der Waals surface area contributed by atoms with Gasteiger partial charge < -0.3 is 14.8 Å². The van der Waals surface area contributed by atoms with Crippen molar-refractivity contribution in [1.29, 1.82) is 0 Å². The molecule has 4 rings (SSSR count). The predicted molar refractivity (Wildman–Crippen MR) is 125 cm³/mol. The maximum atomic E-state index is 13.5. The van der Waals surface area contributed by atoms with Crippen LogP contribution in [-0.4, -0.2) is 26.0 Å². The first-order valence-corrected chi connectivity index (χ1v) is 10.3. The number of amides is 2. The van der Waals surface area contributed by atoms with Crippen LogP contribution in [0.2, 0.25) is 5.02 Å². The number of rotatable bonds is 6. The van der Waals surface area contributed by atoms with Crippen LogP contribution in [0.25, 0.3) is 5.57 Å². The molecule has 32 heavy (non-hydrogen) atoms. The highest BCUT2D eigenvalue weighted by molar-refractivity contribution is 6.46. The lowest BCUT2D eigenvalue weighted by Crippen LogP contribution is -2.32. The number of hydrogen-bond donors (Lipinski definition) is 1. The second kappa shape index (κ2) is 8.77. The van der Waals surface area contributed by atoms with E-state index in [2.05, 4.69) is 5.32 Å². The van der Waals surface area contributed by atoms with E-state index in [1.54, 1.807) is 48.5 Å². The van der Waals surface area contributed by atoms with Crippen molar-refractivity contribution >= 4 is 40.4 Å². The maximum absolute atomic E-state index is 13.5. The number of benzene rings is 3.